The minimum absolute atomic E-state index is 0.691. The molecule has 0 N–H and O–H groups in total. The third-order valence-electron chi connectivity index (χ3n) is 4.30. The quantitative estimate of drug-likeness (QED) is 0.444. The third kappa shape index (κ3) is 4.02. The summed E-state index contributed by atoms with van der Waals surface area (Å²) in [6.07, 6.45) is 4.76. The van der Waals surface area contributed by atoms with E-state index >= 15 is 0 Å². The molecule has 4 heteroatoms. The van der Waals surface area contributed by atoms with E-state index in [2.05, 4.69) is 17.6 Å². The van der Waals surface area contributed by atoms with Gasteiger partial charge in [-0.25, -0.2) is 0 Å². The van der Waals surface area contributed by atoms with Crippen LogP contribution >= 0.6 is 0 Å². The predicted octanol–water partition coefficient (Wildman–Crippen LogP) is 4.63. The van der Waals surface area contributed by atoms with Crippen LogP contribution in [-0.4, -0.2) is 24.6 Å². The maximum absolute atomic E-state index is 11.3. The molecule has 0 radical (unpaired) electrons. The standard InChI is InChI=1S/C21H23NO3/c1-16-6-5-7-19(12-16)25-11-4-3-10-22-14-17(15-23)20-13-18(24-2)8-9-21(20)22/h5-9,12-15H,3-4,10-11H2,1-2H3. The second-order valence-electron chi connectivity index (χ2n) is 6.15. The first-order valence-electron chi connectivity index (χ1n) is 8.53. The van der Waals surface area contributed by atoms with Gasteiger partial charge in [0, 0.05) is 29.2 Å². The first-order valence-corrected chi connectivity index (χ1v) is 8.53. The molecule has 1 aromatic heterocycles. The molecule has 4 nitrogen and oxygen atoms in total. The molecule has 130 valence electrons. The fourth-order valence-corrected chi connectivity index (χ4v) is 2.99. The smallest absolute Gasteiger partial charge is 0.152 e. The number of aldehydes is 1. The normalized spacial score (nSPS) is 10.8. The molecular weight excluding hydrogens is 314 g/mol. The Labute approximate surface area is 148 Å². The van der Waals surface area contributed by atoms with Gasteiger partial charge in [0.1, 0.15) is 11.5 Å². The Balaban J connectivity index is 1.59. The summed E-state index contributed by atoms with van der Waals surface area (Å²) >= 11 is 0. The Bertz CT molecular complexity index is 867. The largest absolute Gasteiger partial charge is 0.497 e. The van der Waals surface area contributed by atoms with Gasteiger partial charge in [-0.2, -0.15) is 0 Å². The number of hydrogen-bond donors (Lipinski definition) is 0. The SMILES string of the molecule is COc1ccc2c(c1)c(C=O)cn2CCCCOc1cccc(C)c1. The van der Waals surface area contributed by atoms with Crippen LogP contribution in [-0.2, 0) is 6.54 Å². The van der Waals surface area contributed by atoms with Crippen LogP contribution in [0.5, 0.6) is 11.5 Å². The van der Waals surface area contributed by atoms with Crippen LogP contribution in [0.4, 0.5) is 0 Å². The Hall–Kier alpha value is -2.75. The zero-order valence-electron chi connectivity index (χ0n) is 14.7. The molecule has 3 rings (SSSR count). The lowest BCUT2D eigenvalue weighted by Gasteiger charge is -2.08. The van der Waals surface area contributed by atoms with Crippen molar-refractivity contribution in [3.63, 3.8) is 0 Å². The molecule has 0 saturated heterocycles. The summed E-state index contributed by atoms with van der Waals surface area (Å²) in [7, 11) is 1.63. The molecule has 3 aromatic rings. The highest BCUT2D eigenvalue weighted by Gasteiger charge is 2.09. The summed E-state index contributed by atoms with van der Waals surface area (Å²) in [6.45, 7) is 3.61. The van der Waals surface area contributed by atoms with Gasteiger partial charge in [-0.05, 0) is 55.7 Å². The maximum Gasteiger partial charge on any atom is 0.152 e. The van der Waals surface area contributed by atoms with Crippen molar-refractivity contribution in [1.29, 1.82) is 0 Å². The Morgan fingerprint density at radius 2 is 1.96 bits per heavy atom. The van der Waals surface area contributed by atoms with Crippen LogP contribution in [0.25, 0.3) is 10.9 Å². The van der Waals surface area contributed by atoms with E-state index in [4.69, 9.17) is 9.47 Å². The molecule has 0 saturated carbocycles. The highest BCUT2D eigenvalue weighted by molar-refractivity contribution is 5.98. The van der Waals surface area contributed by atoms with E-state index in [1.807, 2.05) is 42.6 Å². The lowest BCUT2D eigenvalue weighted by molar-refractivity contribution is 0.112. The topological polar surface area (TPSA) is 40.5 Å². The van der Waals surface area contributed by atoms with Crippen molar-refractivity contribution >= 4 is 17.2 Å². The zero-order chi connectivity index (χ0) is 17.6. The van der Waals surface area contributed by atoms with Gasteiger partial charge in [0.05, 0.1) is 13.7 Å². The fraction of sp³-hybridized carbons (Fsp3) is 0.286. The molecule has 0 aliphatic heterocycles. The lowest BCUT2D eigenvalue weighted by atomic mass is 10.2. The summed E-state index contributed by atoms with van der Waals surface area (Å²) in [5.74, 6) is 1.68. The number of ether oxygens (including phenoxy) is 2. The van der Waals surface area contributed by atoms with E-state index in [0.29, 0.717) is 12.2 Å². The van der Waals surface area contributed by atoms with Crippen molar-refractivity contribution in [2.24, 2.45) is 0 Å². The Morgan fingerprint density at radius 1 is 1.08 bits per heavy atom. The minimum Gasteiger partial charge on any atom is -0.497 e. The first kappa shape index (κ1) is 17.1. The maximum atomic E-state index is 11.3. The van der Waals surface area contributed by atoms with Gasteiger partial charge in [-0.1, -0.05) is 12.1 Å². The fourth-order valence-electron chi connectivity index (χ4n) is 2.99. The minimum atomic E-state index is 0.691. The number of unbranched alkanes of at least 4 members (excludes halogenated alkanes) is 1. The van der Waals surface area contributed by atoms with Crippen LogP contribution in [0.1, 0.15) is 28.8 Å². The van der Waals surface area contributed by atoms with Gasteiger partial charge < -0.3 is 14.0 Å². The van der Waals surface area contributed by atoms with Gasteiger partial charge in [-0.15, -0.1) is 0 Å². The molecule has 25 heavy (non-hydrogen) atoms. The van der Waals surface area contributed by atoms with Crippen molar-refractivity contribution in [2.45, 2.75) is 26.3 Å². The number of aromatic nitrogens is 1. The molecule has 0 spiro atoms. The van der Waals surface area contributed by atoms with Crippen LogP contribution in [0.3, 0.4) is 0 Å². The lowest BCUT2D eigenvalue weighted by Crippen LogP contribution is -2.01. The van der Waals surface area contributed by atoms with Crippen molar-refractivity contribution < 1.29 is 14.3 Å². The predicted molar refractivity (Wildman–Crippen MR) is 99.8 cm³/mol. The summed E-state index contributed by atoms with van der Waals surface area (Å²) in [5.41, 5.74) is 2.96. The van der Waals surface area contributed by atoms with E-state index < -0.39 is 0 Å². The zero-order valence-corrected chi connectivity index (χ0v) is 14.7. The van der Waals surface area contributed by atoms with Gasteiger partial charge in [0.25, 0.3) is 0 Å². The number of fused-ring (bicyclic) bond motifs is 1. The van der Waals surface area contributed by atoms with E-state index in [9.17, 15) is 4.79 Å². The van der Waals surface area contributed by atoms with E-state index in [1.54, 1.807) is 7.11 Å². The summed E-state index contributed by atoms with van der Waals surface area (Å²) in [6, 6.07) is 13.9. The highest BCUT2D eigenvalue weighted by Crippen LogP contribution is 2.25. The molecule has 1 heterocycles. The number of hydrogen-bond acceptors (Lipinski definition) is 3. The van der Waals surface area contributed by atoms with E-state index in [0.717, 1.165) is 48.1 Å². The van der Waals surface area contributed by atoms with E-state index in [-0.39, 0.29) is 0 Å². The molecular formula is C21H23NO3. The summed E-state index contributed by atoms with van der Waals surface area (Å²) < 4.78 is 13.2. The van der Waals surface area contributed by atoms with Gasteiger partial charge in [0.2, 0.25) is 0 Å². The molecule has 0 atom stereocenters. The number of nitrogens with zero attached hydrogens (tertiary/aromatic N) is 1. The van der Waals surface area contributed by atoms with Crippen LogP contribution < -0.4 is 9.47 Å². The number of methoxy groups -OCH3 is 1. The van der Waals surface area contributed by atoms with Crippen molar-refractivity contribution in [3.8, 4) is 11.5 Å². The van der Waals surface area contributed by atoms with Crippen LogP contribution in [0, 0.1) is 6.92 Å². The van der Waals surface area contributed by atoms with Crippen LogP contribution in [0.15, 0.2) is 48.7 Å². The van der Waals surface area contributed by atoms with Crippen molar-refractivity contribution in [2.75, 3.05) is 13.7 Å². The molecule has 2 aromatic carbocycles. The molecule has 0 fully saturated rings. The molecule has 0 aliphatic rings. The van der Waals surface area contributed by atoms with E-state index in [1.165, 1.54) is 5.56 Å². The monoisotopic (exact) mass is 337 g/mol. The summed E-state index contributed by atoms with van der Waals surface area (Å²) in [4.78, 5) is 11.3. The molecule has 0 bridgehead atoms. The summed E-state index contributed by atoms with van der Waals surface area (Å²) in [5, 5.41) is 0.936. The third-order valence-corrected chi connectivity index (χ3v) is 4.30. The number of carbonyl (C=O) groups is 1. The second kappa shape index (κ2) is 7.88. The number of benzene rings is 2. The van der Waals surface area contributed by atoms with Gasteiger partial charge in [0.15, 0.2) is 6.29 Å². The van der Waals surface area contributed by atoms with Gasteiger partial charge >= 0.3 is 0 Å². The average Bonchev–Trinajstić information content (AvgIpc) is 2.98. The molecule has 0 aliphatic carbocycles. The van der Waals surface area contributed by atoms with Crippen molar-refractivity contribution in [1.82, 2.24) is 4.57 Å². The first-order chi connectivity index (χ1) is 12.2. The number of carbonyl (C=O) groups excluding carboxylic acids is 1. The number of aryl methyl sites for hydroxylation is 2. The van der Waals surface area contributed by atoms with Gasteiger partial charge in [-0.3, -0.25) is 4.79 Å². The van der Waals surface area contributed by atoms with Crippen molar-refractivity contribution in [3.05, 3.63) is 59.8 Å². The average molecular weight is 337 g/mol. The number of rotatable bonds is 8. The molecule has 0 unspecified atom stereocenters. The Morgan fingerprint density at radius 3 is 2.72 bits per heavy atom. The van der Waals surface area contributed by atoms with Crippen LogP contribution in [0.2, 0.25) is 0 Å². The Kier molecular flexibility index (Phi) is 5.39. The highest BCUT2D eigenvalue weighted by atomic mass is 16.5. The second-order valence-corrected chi connectivity index (χ2v) is 6.15. The molecule has 0 amide bonds.